The summed E-state index contributed by atoms with van der Waals surface area (Å²) >= 11 is 5.87. The summed E-state index contributed by atoms with van der Waals surface area (Å²) in [6.45, 7) is -1.58. The summed E-state index contributed by atoms with van der Waals surface area (Å²) in [5.41, 5.74) is 0.808. The van der Waals surface area contributed by atoms with Gasteiger partial charge in [0.15, 0.2) is 5.82 Å². The molecule has 0 atom stereocenters. The van der Waals surface area contributed by atoms with Crippen LogP contribution in [0.2, 0.25) is 5.15 Å². The molecule has 1 heterocycles. The molecule has 1 saturated carbocycles. The zero-order valence-electron chi connectivity index (χ0n) is 10.2. The molecule has 0 radical (unpaired) electrons. The SMILES string of the molecule is FC(F)(F)COCc1nc(Cl)cc(C2CCCC2)n1. The lowest BCUT2D eigenvalue weighted by molar-refractivity contribution is -0.177. The van der Waals surface area contributed by atoms with Crippen LogP contribution in [0.1, 0.15) is 43.1 Å². The average molecular weight is 295 g/mol. The van der Waals surface area contributed by atoms with Crippen LogP contribution in [0.5, 0.6) is 0 Å². The average Bonchev–Trinajstić information content (AvgIpc) is 2.79. The molecule has 3 nitrogen and oxygen atoms in total. The van der Waals surface area contributed by atoms with Crippen LogP contribution < -0.4 is 0 Å². The maximum absolute atomic E-state index is 12.0. The van der Waals surface area contributed by atoms with Crippen molar-refractivity contribution in [3.63, 3.8) is 0 Å². The van der Waals surface area contributed by atoms with Crippen molar-refractivity contribution < 1.29 is 17.9 Å². The van der Waals surface area contributed by atoms with E-state index < -0.39 is 12.8 Å². The highest BCUT2D eigenvalue weighted by Crippen LogP contribution is 2.33. The first-order valence-electron chi connectivity index (χ1n) is 6.12. The van der Waals surface area contributed by atoms with Crippen molar-refractivity contribution in [2.45, 2.75) is 44.4 Å². The molecule has 19 heavy (non-hydrogen) atoms. The summed E-state index contributed by atoms with van der Waals surface area (Å²) < 4.78 is 40.5. The van der Waals surface area contributed by atoms with Gasteiger partial charge in [0.1, 0.15) is 18.4 Å². The maximum Gasteiger partial charge on any atom is 0.411 e. The normalized spacial score (nSPS) is 17.1. The summed E-state index contributed by atoms with van der Waals surface area (Å²) in [5, 5.41) is 0.252. The van der Waals surface area contributed by atoms with Crippen molar-refractivity contribution in [3.05, 3.63) is 22.7 Å². The number of aromatic nitrogens is 2. The molecule has 7 heteroatoms. The van der Waals surface area contributed by atoms with Crippen molar-refractivity contribution in [1.82, 2.24) is 9.97 Å². The fourth-order valence-corrected chi connectivity index (χ4v) is 2.45. The molecule has 1 aromatic heterocycles. The van der Waals surface area contributed by atoms with E-state index in [1.54, 1.807) is 6.07 Å². The van der Waals surface area contributed by atoms with Crippen LogP contribution in [0, 0.1) is 0 Å². The van der Waals surface area contributed by atoms with E-state index in [1.807, 2.05) is 0 Å². The third-order valence-electron chi connectivity index (χ3n) is 3.03. The van der Waals surface area contributed by atoms with Gasteiger partial charge < -0.3 is 4.74 Å². The Kier molecular flexibility index (Phi) is 4.62. The molecule has 0 saturated heterocycles. The first-order valence-corrected chi connectivity index (χ1v) is 6.50. The van der Waals surface area contributed by atoms with Gasteiger partial charge in [0.05, 0.1) is 0 Å². The van der Waals surface area contributed by atoms with Crippen LogP contribution in [0.25, 0.3) is 0 Å². The largest absolute Gasteiger partial charge is 0.411 e. The molecule has 0 aromatic carbocycles. The third-order valence-corrected chi connectivity index (χ3v) is 3.22. The number of nitrogens with zero attached hydrogens (tertiary/aromatic N) is 2. The van der Waals surface area contributed by atoms with Crippen LogP contribution in [0.3, 0.4) is 0 Å². The van der Waals surface area contributed by atoms with E-state index in [9.17, 15) is 13.2 Å². The van der Waals surface area contributed by atoms with Crippen LogP contribution >= 0.6 is 11.6 Å². The van der Waals surface area contributed by atoms with E-state index in [2.05, 4.69) is 14.7 Å². The lowest BCUT2D eigenvalue weighted by Gasteiger charge is -2.11. The molecule has 0 spiro atoms. The number of hydrogen-bond donors (Lipinski definition) is 0. The van der Waals surface area contributed by atoms with Gasteiger partial charge in [-0.1, -0.05) is 24.4 Å². The molecule has 1 aliphatic carbocycles. The Morgan fingerprint density at radius 2 is 1.95 bits per heavy atom. The zero-order chi connectivity index (χ0) is 13.9. The van der Waals surface area contributed by atoms with E-state index in [0.29, 0.717) is 5.92 Å². The van der Waals surface area contributed by atoms with Gasteiger partial charge in [-0.3, -0.25) is 0 Å². The van der Waals surface area contributed by atoms with Gasteiger partial charge in [-0.2, -0.15) is 13.2 Å². The van der Waals surface area contributed by atoms with Gasteiger partial charge in [0, 0.05) is 11.6 Å². The molecule has 0 aliphatic heterocycles. The highest BCUT2D eigenvalue weighted by molar-refractivity contribution is 6.29. The van der Waals surface area contributed by atoms with E-state index in [0.717, 1.165) is 31.4 Å². The van der Waals surface area contributed by atoms with Crippen LogP contribution in [-0.2, 0) is 11.3 Å². The molecule has 0 N–H and O–H groups in total. The van der Waals surface area contributed by atoms with Crippen molar-refractivity contribution in [3.8, 4) is 0 Å². The second-order valence-electron chi connectivity index (χ2n) is 4.62. The molecule has 0 amide bonds. The quantitative estimate of drug-likeness (QED) is 0.791. The molecule has 0 unspecified atom stereocenters. The number of hydrogen-bond acceptors (Lipinski definition) is 3. The lowest BCUT2D eigenvalue weighted by Crippen LogP contribution is -2.17. The highest BCUT2D eigenvalue weighted by Gasteiger charge is 2.27. The molecular formula is C12H14ClF3N2O. The molecule has 2 rings (SSSR count). The molecule has 1 aliphatic rings. The predicted molar refractivity (Wildman–Crippen MR) is 64.0 cm³/mol. The van der Waals surface area contributed by atoms with Gasteiger partial charge in [0.25, 0.3) is 0 Å². The van der Waals surface area contributed by atoms with E-state index in [-0.39, 0.29) is 17.6 Å². The summed E-state index contributed by atoms with van der Waals surface area (Å²) in [7, 11) is 0. The fourth-order valence-electron chi connectivity index (χ4n) is 2.24. The van der Waals surface area contributed by atoms with Gasteiger partial charge in [-0.25, -0.2) is 9.97 Å². The molecular weight excluding hydrogens is 281 g/mol. The number of ether oxygens (including phenoxy) is 1. The number of alkyl halides is 3. The standard InChI is InChI=1S/C12H14ClF3N2O/c13-10-5-9(8-3-1-2-4-8)17-11(18-10)6-19-7-12(14,15)16/h5,8H,1-4,6-7H2. The molecule has 0 bridgehead atoms. The van der Waals surface area contributed by atoms with Crippen LogP contribution in [0.4, 0.5) is 13.2 Å². The first kappa shape index (κ1) is 14.5. The number of rotatable bonds is 4. The van der Waals surface area contributed by atoms with Gasteiger partial charge in [-0.15, -0.1) is 0 Å². The van der Waals surface area contributed by atoms with E-state index in [4.69, 9.17) is 11.6 Å². The zero-order valence-corrected chi connectivity index (χ0v) is 11.0. The van der Waals surface area contributed by atoms with Crippen molar-refractivity contribution in [2.24, 2.45) is 0 Å². The Balaban J connectivity index is 2.00. The maximum atomic E-state index is 12.0. The molecule has 106 valence electrons. The number of halogens is 4. The van der Waals surface area contributed by atoms with Gasteiger partial charge in [-0.05, 0) is 18.9 Å². The van der Waals surface area contributed by atoms with E-state index >= 15 is 0 Å². The lowest BCUT2D eigenvalue weighted by atomic mass is 10.0. The highest BCUT2D eigenvalue weighted by atomic mass is 35.5. The topological polar surface area (TPSA) is 35.0 Å². The smallest absolute Gasteiger partial charge is 0.364 e. The monoisotopic (exact) mass is 294 g/mol. The van der Waals surface area contributed by atoms with Gasteiger partial charge >= 0.3 is 6.18 Å². The van der Waals surface area contributed by atoms with Crippen molar-refractivity contribution in [2.75, 3.05) is 6.61 Å². The minimum Gasteiger partial charge on any atom is -0.364 e. The van der Waals surface area contributed by atoms with Crippen LogP contribution in [-0.4, -0.2) is 22.8 Å². The Labute approximate surface area is 114 Å². The molecule has 1 aromatic rings. The van der Waals surface area contributed by atoms with Crippen LogP contribution in [0.15, 0.2) is 6.07 Å². The Bertz CT molecular complexity index is 433. The van der Waals surface area contributed by atoms with Gasteiger partial charge in [0.2, 0.25) is 0 Å². The Hall–Kier alpha value is -0.880. The Morgan fingerprint density at radius 3 is 2.58 bits per heavy atom. The molecule has 1 fully saturated rings. The predicted octanol–water partition coefficient (Wildman–Crippen LogP) is 3.87. The summed E-state index contributed by atoms with van der Waals surface area (Å²) in [5.74, 6) is 0.542. The van der Waals surface area contributed by atoms with Crippen molar-refractivity contribution in [1.29, 1.82) is 0 Å². The second kappa shape index (κ2) is 6.05. The minimum absolute atomic E-state index is 0.207. The third kappa shape index (κ3) is 4.62. The van der Waals surface area contributed by atoms with Crippen molar-refractivity contribution >= 4 is 11.6 Å². The second-order valence-corrected chi connectivity index (χ2v) is 5.01. The minimum atomic E-state index is -4.34. The Morgan fingerprint density at radius 1 is 1.26 bits per heavy atom. The summed E-state index contributed by atoms with van der Waals surface area (Å²) in [6, 6.07) is 1.69. The summed E-state index contributed by atoms with van der Waals surface area (Å²) in [4.78, 5) is 8.13. The van der Waals surface area contributed by atoms with E-state index in [1.165, 1.54) is 0 Å². The summed E-state index contributed by atoms with van der Waals surface area (Å²) in [6.07, 6.45) is 0.0254. The first-order chi connectivity index (χ1) is 8.94. The fraction of sp³-hybridized carbons (Fsp3) is 0.667.